The van der Waals surface area contributed by atoms with Crippen LogP contribution in [0, 0.1) is 6.92 Å². The maximum atomic E-state index is 6.53. The second-order valence-corrected chi connectivity index (χ2v) is 7.93. The summed E-state index contributed by atoms with van der Waals surface area (Å²) >= 11 is 6.53. The highest BCUT2D eigenvalue weighted by molar-refractivity contribution is 6.31. The molecule has 4 aromatic carbocycles. The molecule has 0 bridgehead atoms. The van der Waals surface area contributed by atoms with Crippen LogP contribution in [0.1, 0.15) is 5.56 Å². The van der Waals surface area contributed by atoms with E-state index in [1.54, 1.807) is 0 Å². The zero-order chi connectivity index (χ0) is 21.4. The van der Waals surface area contributed by atoms with Crippen molar-refractivity contribution in [1.82, 2.24) is 4.98 Å². The lowest BCUT2D eigenvalue weighted by atomic mass is 9.98. The van der Waals surface area contributed by atoms with Gasteiger partial charge in [-0.25, -0.2) is 0 Å². The first kappa shape index (κ1) is 19.3. The molecule has 0 atom stereocenters. The maximum Gasteiger partial charge on any atom is 0.0943 e. The number of rotatable bonds is 4. The Labute approximate surface area is 186 Å². The molecule has 1 aromatic heterocycles. The Balaban J connectivity index is 1.69. The number of anilines is 2. The first-order valence-electron chi connectivity index (χ1n) is 10.1. The number of para-hydroxylation sites is 1. The number of hydrogen-bond donors (Lipinski definition) is 1. The number of aromatic nitrogens is 1. The molecule has 0 unspecified atom stereocenters. The van der Waals surface area contributed by atoms with Crippen LogP contribution >= 0.6 is 11.6 Å². The van der Waals surface area contributed by atoms with E-state index in [9.17, 15) is 0 Å². The molecule has 0 saturated heterocycles. The van der Waals surface area contributed by atoms with Gasteiger partial charge in [0.25, 0.3) is 0 Å². The van der Waals surface area contributed by atoms with E-state index in [0.717, 1.165) is 50.0 Å². The monoisotopic (exact) mass is 421 g/mol. The summed E-state index contributed by atoms with van der Waals surface area (Å²) in [5.41, 5.74) is 6.53. The van der Waals surface area contributed by atoms with E-state index in [2.05, 4.69) is 54.3 Å². The van der Waals surface area contributed by atoms with Crippen molar-refractivity contribution < 1.29 is 0 Å². The third-order valence-corrected chi connectivity index (χ3v) is 5.78. The van der Waals surface area contributed by atoms with E-state index >= 15 is 0 Å². The number of nitrogens with zero attached hydrogens (tertiary/aromatic N) is 2. The second kappa shape index (κ2) is 7.86. The average molecular weight is 422 g/mol. The lowest BCUT2D eigenvalue weighted by Gasteiger charge is -2.16. The molecule has 5 rings (SSSR count). The zero-order valence-corrected chi connectivity index (χ0v) is 17.8. The third kappa shape index (κ3) is 3.43. The molecule has 0 aliphatic heterocycles. The molecule has 1 N–H and O–H groups in total. The number of fused-ring (bicyclic) bond motifs is 3. The number of nitrogens with one attached hydrogen (secondary N) is 1. The molecule has 1 heterocycles. The lowest BCUT2D eigenvalue weighted by molar-refractivity contribution is 1.42. The molecule has 5 aromatic rings. The van der Waals surface area contributed by atoms with Crippen LogP contribution in [0.15, 0.2) is 90.1 Å². The number of aliphatic imine (C=N–C) groups is 1. The van der Waals surface area contributed by atoms with E-state index in [4.69, 9.17) is 16.6 Å². The molecule has 150 valence electrons. The van der Waals surface area contributed by atoms with E-state index in [1.807, 2.05) is 54.7 Å². The van der Waals surface area contributed by atoms with Gasteiger partial charge in [0.15, 0.2) is 0 Å². The Morgan fingerprint density at radius 1 is 0.839 bits per heavy atom. The standard InChI is InChI=1S/C27H20ClN3/c1-17-8-3-5-10-20(17)23-14-19(28)15-25(26(23)29-2)31-24-13-7-12-22-21-11-6-4-9-18(21)16-30-27(22)24/h3-16,31H,2H2,1H3. The van der Waals surface area contributed by atoms with E-state index < -0.39 is 0 Å². The van der Waals surface area contributed by atoms with Crippen molar-refractivity contribution in [3.8, 4) is 11.1 Å². The summed E-state index contributed by atoms with van der Waals surface area (Å²) in [6, 6.07) is 26.4. The van der Waals surface area contributed by atoms with Crippen molar-refractivity contribution in [2.75, 3.05) is 5.32 Å². The number of halogens is 1. The van der Waals surface area contributed by atoms with Crippen LogP contribution < -0.4 is 5.32 Å². The smallest absolute Gasteiger partial charge is 0.0943 e. The molecular weight excluding hydrogens is 402 g/mol. The van der Waals surface area contributed by atoms with Gasteiger partial charge >= 0.3 is 0 Å². The van der Waals surface area contributed by atoms with Gasteiger partial charge in [0, 0.05) is 27.6 Å². The first-order valence-corrected chi connectivity index (χ1v) is 10.4. The quantitative estimate of drug-likeness (QED) is 0.235. The normalized spacial score (nSPS) is 11.0. The van der Waals surface area contributed by atoms with Gasteiger partial charge < -0.3 is 5.32 Å². The predicted molar refractivity (Wildman–Crippen MR) is 133 cm³/mol. The number of pyridine rings is 1. The first-order chi connectivity index (χ1) is 15.2. The van der Waals surface area contributed by atoms with Gasteiger partial charge in [-0.1, -0.05) is 72.3 Å². The highest BCUT2D eigenvalue weighted by atomic mass is 35.5. The minimum Gasteiger partial charge on any atom is -0.352 e. The fourth-order valence-corrected chi connectivity index (χ4v) is 4.30. The minimum atomic E-state index is 0.631. The Hall–Kier alpha value is -3.69. The molecule has 0 aliphatic rings. The van der Waals surface area contributed by atoms with Crippen molar-refractivity contribution in [1.29, 1.82) is 0 Å². The van der Waals surface area contributed by atoms with Gasteiger partial charge in [0.2, 0.25) is 0 Å². The van der Waals surface area contributed by atoms with E-state index in [1.165, 1.54) is 5.39 Å². The van der Waals surface area contributed by atoms with E-state index in [0.29, 0.717) is 5.02 Å². The lowest BCUT2D eigenvalue weighted by Crippen LogP contribution is -1.96. The summed E-state index contributed by atoms with van der Waals surface area (Å²) in [5.74, 6) is 0. The summed E-state index contributed by atoms with van der Waals surface area (Å²) in [6.07, 6.45) is 1.91. The zero-order valence-electron chi connectivity index (χ0n) is 17.1. The SMILES string of the molecule is C=Nc1c(Nc2cccc3c2ncc2ccccc23)cc(Cl)cc1-c1ccccc1C. The Kier molecular flexibility index (Phi) is 4.89. The summed E-state index contributed by atoms with van der Waals surface area (Å²) in [6.45, 7) is 5.91. The van der Waals surface area contributed by atoms with Gasteiger partial charge in [-0.3, -0.25) is 9.98 Å². The summed E-state index contributed by atoms with van der Waals surface area (Å²) in [4.78, 5) is 9.10. The van der Waals surface area contributed by atoms with E-state index in [-0.39, 0.29) is 0 Å². The molecule has 0 fully saturated rings. The van der Waals surface area contributed by atoms with Crippen LogP contribution in [-0.4, -0.2) is 11.7 Å². The summed E-state index contributed by atoms with van der Waals surface area (Å²) < 4.78 is 0. The molecule has 0 aliphatic carbocycles. The average Bonchev–Trinajstić information content (AvgIpc) is 2.79. The summed E-state index contributed by atoms with van der Waals surface area (Å²) in [7, 11) is 0. The molecule has 31 heavy (non-hydrogen) atoms. The van der Waals surface area contributed by atoms with Gasteiger partial charge in [-0.05, 0) is 48.4 Å². The second-order valence-electron chi connectivity index (χ2n) is 7.49. The molecular formula is C27H20ClN3. The molecule has 0 radical (unpaired) electrons. The highest BCUT2D eigenvalue weighted by Gasteiger charge is 2.15. The molecule has 0 amide bonds. The Morgan fingerprint density at radius 2 is 1.61 bits per heavy atom. The number of aryl methyl sites for hydroxylation is 1. The Morgan fingerprint density at radius 3 is 2.45 bits per heavy atom. The molecule has 3 nitrogen and oxygen atoms in total. The van der Waals surface area contributed by atoms with Crippen molar-refractivity contribution in [2.24, 2.45) is 4.99 Å². The van der Waals surface area contributed by atoms with Crippen LogP contribution in [0.5, 0.6) is 0 Å². The third-order valence-electron chi connectivity index (χ3n) is 5.56. The fraction of sp³-hybridized carbons (Fsp3) is 0.0370. The van der Waals surface area contributed by atoms with Gasteiger partial charge in [0.05, 0.1) is 22.6 Å². The van der Waals surface area contributed by atoms with Crippen LogP contribution in [0.4, 0.5) is 17.1 Å². The van der Waals surface area contributed by atoms with Gasteiger partial charge in [0.1, 0.15) is 0 Å². The van der Waals surface area contributed by atoms with Crippen LogP contribution in [0.2, 0.25) is 5.02 Å². The largest absolute Gasteiger partial charge is 0.352 e. The number of benzene rings is 4. The maximum absolute atomic E-state index is 6.53. The van der Waals surface area contributed by atoms with Crippen molar-refractivity contribution >= 4 is 57.1 Å². The van der Waals surface area contributed by atoms with Gasteiger partial charge in [-0.15, -0.1) is 0 Å². The highest BCUT2D eigenvalue weighted by Crippen LogP contribution is 2.42. The summed E-state index contributed by atoms with van der Waals surface area (Å²) in [5, 5.41) is 7.53. The van der Waals surface area contributed by atoms with Crippen LogP contribution in [-0.2, 0) is 0 Å². The minimum absolute atomic E-state index is 0.631. The van der Waals surface area contributed by atoms with Crippen molar-refractivity contribution in [3.05, 3.63) is 95.6 Å². The van der Waals surface area contributed by atoms with Crippen molar-refractivity contribution in [2.45, 2.75) is 6.92 Å². The fourth-order valence-electron chi connectivity index (χ4n) is 4.08. The predicted octanol–water partition coefficient (Wildman–Crippen LogP) is 8.09. The molecule has 0 saturated carbocycles. The topological polar surface area (TPSA) is 37.3 Å². The molecule has 4 heteroatoms. The van der Waals surface area contributed by atoms with Gasteiger partial charge in [-0.2, -0.15) is 0 Å². The molecule has 0 spiro atoms. The van der Waals surface area contributed by atoms with Crippen LogP contribution in [0.25, 0.3) is 32.8 Å². The van der Waals surface area contributed by atoms with Crippen LogP contribution in [0.3, 0.4) is 0 Å². The number of hydrogen-bond acceptors (Lipinski definition) is 3. The van der Waals surface area contributed by atoms with Crippen molar-refractivity contribution in [3.63, 3.8) is 0 Å². The Bertz CT molecular complexity index is 1460.